The van der Waals surface area contributed by atoms with Gasteiger partial charge in [0.25, 0.3) is 0 Å². The largest absolute Gasteiger partial charge is 0.257 e. The van der Waals surface area contributed by atoms with E-state index in [1.807, 2.05) is 11.3 Å². The Hall–Kier alpha value is -1.14. The number of rotatable bonds is 3. The quantitative estimate of drug-likeness (QED) is 0.628. The molecule has 126 valence electrons. The maximum absolute atomic E-state index is 5.12. The number of nitrogens with zero attached hydrogens (tertiary/aromatic N) is 4. The van der Waals surface area contributed by atoms with E-state index in [4.69, 9.17) is 4.98 Å². The fourth-order valence-electron chi connectivity index (χ4n) is 3.74. The van der Waals surface area contributed by atoms with Crippen LogP contribution >= 0.6 is 23.1 Å². The third-order valence-electron chi connectivity index (χ3n) is 5.08. The van der Waals surface area contributed by atoms with Crippen molar-refractivity contribution in [1.82, 2.24) is 19.6 Å². The minimum Gasteiger partial charge on any atom is -0.257 e. The average Bonchev–Trinajstić information content (AvgIpc) is 3.20. The van der Waals surface area contributed by atoms with Crippen molar-refractivity contribution in [3.05, 3.63) is 16.3 Å². The molecular weight excluding hydrogens is 336 g/mol. The summed E-state index contributed by atoms with van der Waals surface area (Å²) in [5.41, 5.74) is 2.55. The Morgan fingerprint density at radius 2 is 2.04 bits per heavy atom. The predicted octanol–water partition coefficient (Wildman–Crippen LogP) is 4.84. The number of hydrogen-bond donors (Lipinski definition) is 0. The van der Waals surface area contributed by atoms with Gasteiger partial charge in [-0.15, -0.1) is 21.5 Å². The number of aromatic nitrogens is 4. The molecular formula is C18H22N4S2. The van der Waals surface area contributed by atoms with Crippen LogP contribution in [-0.2, 0) is 12.8 Å². The number of aryl methyl sites for hydroxylation is 1. The molecule has 0 N–H and O–H groups in total. The molecule has 0 saturated heterocycles. The second kappa shape index (κ2) is 5.43. The summed E-state index contributed by atoms with van der Waals surface area (Å²) in [5.74, 6) is 2.57. The zero-order valence-corrected chi connectivity index (χ0v) is 16.0. The molecule has 0 amide bonds. The van der Waals surface area contributed by atoms with E-state index in [1.54, 1.807) is 11.8 Å². The van der Waals surface area contributed by atoms with Crippen LogP contribution in [0, 0.1) is 5.92 Å². The van der Waals surface area contributed by atoms with E-state index < -0.39 is 0 Å². The molecule has 1 fully saturated rings. The standard InChI is InChI=1S/C18H22N4S2/c1-9(2)23-18-21-20-16-14-12-7-4-10(3)8-13(12)24-17(14)19-15(22(16)18)11-5-6-11/h9-11H,4-8H2,1-3H3/t10-/m1/s1. The van der Waals surface area contributed by atoms with Gasteiger partial charge in [-0.3, -0.25) is 4.40 Å². The van der Waals surface area contributed by atoms with Crippen molar-refractivity contribution in [2.75, 3.05) is 0 Å². The van der Waals surface area contributed by atoms with Gasteiger partial charge in [0, 0.05) is 16.0 Å². The van der Waals surface area contributed by atoms with Crippen molar-refractivity contribution in [3.8, 4) is 0 Å². The highest BCUT2D eigenvalue weighted by molar-refractivity contribution is 7.99. The fraction of sp³-hybridized carbons (Fsp3) is 0.611. The molecule has 6 heteroatoms. The first-order chi connectivity index (χ1) is 11.6. The van der Waals surface area contributed by atoms with Crippen LogP contribution in [0.15, 0.2) is 5.16 Å². The molecule has 5 rings (SSSR count). The normalized spacial score (nSPS) is 21.1. The fourth-order valence-corrected chi connectivity index (χ4v) is 5.92. The number of thiophene rings is 1. The Balaban J connectivity index is 1.81. The molecule has 2 aliphatic carbocycles. The molecule has 0 aromatic carbocycles. The van der Waals surface area contributed by atoms with E-state index >= 15 is 0 Å². The van der Waals surface area contributed by atoms with Crippen LogP contribution in [0.1, 0.15) is 62.2 Å². The summed E-state index contributed by atoms with van der Waals surface area (Å²) in [7, 11) is 0. The van der Waals surface area contributed by atoms with E-state index in [0.717, 1.165) is 23.1 Å². The summed E-state index contributed by atoms with van der Waals surface area (Å²) < 4.78 is 2.27. The number of thioether (sulfide) groups is 1. The molecule has 0 unspecified atom stereocenters. The molecule has 0 radical (unpaired) electrons. The summed E-state index contributed by atoms with van der Waals surface area (Å²) in [4.78, 5) is 7.85. The Morgan fingerprint density at radius 3 is 2.79 bits per heavy atom. The molecule has 0 bridgehead atoms. The maximum atomic E-state index is 5.12. The van der Waals surface area contributed by atoms with Crippen LogP contribution in [0.3, 0.4) is 0 Å². The van der Waals surface area contributed by atoms with Gasteiger partial charge in [-0.2, -0.15) is 0 Å². The van der Waals surface area contributed by atoms with Crippen molar-refractivity contribution in [3.63, 3.8) is 0 Å². The Bertz CT molecular complexity index is 936. The van der Waals surface area contributed by atoms with E-state index in [-0.39, 0.29) is 0 Å². The van der Waals surface area contributed by atoms with Gasteiger partial charge < -0.3 is 0 Å². The lowest BCUT2D eigenvalue weighted by molar-refractivity contribution is 0.509. The highest BCUT2D eigenvalue weighted by atomic mass is 32.2. The SMILES string of the molecule is CC(C)Sc1nnc2c3c4c(sc3nc(C3CC3)n12)C[C@H](C)CC4. The summed E-state index contributed by atoms with van der Waals surface area (Å²) >= 11 is 3.70. The molecule has 3 heterocycles. The first kappa shape index (κ1) is 15.1. The van der Waals surface area contributed by atoms with Crippen LogP contribution in [-0.4, -0.2) is 24.8 Å². The molecule has 1 atom stereocenters. The number of fused-ring (bicyclic) bond motifs is 5. The summed E-state index contributed by atoms with van der Waals surface area (Å²) in [6.45, 7) is 6.78. The van der Waals surface area contributed by atoms with E-state index in [1.165, 1.54) is 52.2 Å². The van der Waals surface area contributed by atoms with E-state index in [9.17, 15) is 0 Å². The second-order valence-electron chi connectivity index (χ2n) is 7.58. The molecule has 3 aromatic rings. The lowest BCUT2D eigenvalue weighted by atomic mass is 9.89. The van der Waals surface area contributed by atoms with Gasteiger partial charge in [0.05, 0.1) is 5.39 Å². The van der Waals surface area contributed by atoms with Crippen LogP contribution < -0.4 is 0 Å². The lowest BCUT2D eigenvalue weighted by Crippen LogP contribution is -2.09. The molecule has 0 spiro atoms. The van der Waals surface area contributed by atoms with Crippen molar-refractivity contribution in [2.24, 2.45) is 5.92 Å². The van der Waals surface area contributed by atoms with Crippen LogP contribution in [0.25, 0.3) is 15.9 Å². The maximum Gasteiger partial charge on any atom is 0.197 e. The smallest absolute Gasteiger partial charge is 0.197 e. The summed E-state index contributed by atoms with van der Waals surface area (Å²) in [5, 5.41) is 12.0. The minimum atomic E-state index is 0.498. The van der Waals surface area contributed by atoms with Crippen LogP contribution in [0.4, 0.5) is 0 Å². The lowest BCUT2D eigenvalue weighted by Gasteiger charge is -2.17. The van der Waals surface area contributed by atoms with Crippen LogP contribution in [0.2, 0.25) is 0 Å². The average molecular weight is 359 g/mol. The van der Waals surface area contributed by atoms with Gasteiger partial charge in [0.2, 0.25) is 0 Å². The van der Waals surface area contributed by atoms with Gasteiger partial charge in [-0.25, -0.2) is 4.98 Å². The zero-order valence-electron chi connectivity index (χ0n) is 14.4. The van der Waals surface area contributed by atoms with Gasteiger partial charge in [-0.1, -0.05) is 32.5 Å². The predicted molar refractivity (Wildman–Crippen MR) is 100 cm³/mol. The van der Waals surface area contributed by atoms with Gasteiger partial charge >= 0.3 is 0 Å². The molecule has 4 nitrogen and oxygen atoms in total. The van der Waals surface area contributed by atoms with Crippen molar-refractivity contribution < 1.29 is 0 Å². The summed E-state index contributed by atoms with van der Waals surface area (Å²) in [6.07, 6.45) is 6.13. The Kier molecular flexibility index (Phi) is 3.42. The first-order valence-corrected chi connectivity index (χ1v) is 10.7. The Labute approximate surface area is 150 Å². The molecule has 1 saturated carbocycles. The van der Waals surface area contributed by atoms with E-state index in [2.05, 4.69) is 35.4 Å². The highest BCUT2D eigenvalue weighted by Crippen LogP contribution is 2.44. The van der Waals surface area contributed by atoms with Gasteiger partial charge in [0.15, 0.2) is 10.8 Å². The first-order valence-electron chi connectivity index (χ1n) is 8.97. The van der Waals surface area contributed by atoms with Gasteiger partial charge in [-0.05, 0) is 43.6 Å². The molecule has 2 aliphatic rings. The monoisotopic (exact) mass is 358 g/mol. The van der Waals surface area contributed by atoms with Crippen molar-refractivity contribution in [2.45, 2.75) is 69.2 Å². The molecule has 0 aliphatic heterocycles. The van der Waals surface area contributed by atoms with Crippen LogP contribution in [0.5, 0.6) is 0 Å². The number of hydrogen-bond acceptors (Lipinski definition) is 5. The second-order valence-corrected chi connectivity index (χ2v) is 10.2. The zero-order chi connectivity index (χ0) is 16.4. The van der Waals surface area contributed by atoms with Crippen molar-refractivity contribution >= 4 is 39.0 Å². The van der Waals surface area contributed by atoms with Gasteiger partial charge in [0.1, 0.15) is 10.7 Å². The highest BCUT2D eigenvalue weighted by Gasteiger charge is 2.32. The topological polar surface area (TPSA) is 43.1 Å². The molecule has 3 aromatic heterocycles. The Morgan fingerprint density at radius 1 is 1.21 bits per heavy atom. The summed E-state index contributed by atoms with van der Waals surface area (Å²) in [6, 6.07) is 0. The third-order valence-corrected chi connectivity index (χ3v) is 7.17. The van der Waals surface area contributed by atoms with Crippen molar-refractivity contribution in [1.29, 1.82) is 0 Å². The molecule has 24 heavy (non-hydrogen) atoms. The van der Waals surface area contributed by atoms with E-state index in [0.29, 0.717) is 11.2 Å². The third kappa shape index (κ3) is 2.30. The minimum absolute atomic E-state index is 0.498.